The van der Waals surface area contributed by atoms with Gasteiger partial charge in [0.15, 0.2) is 0 Å². The van der Waals surface area contributed by atoms with Crippen molar-refractivity contribution in [3.05, 3.63) is 24.3 Å². The van der Waals surface area contributed by atoms with Crippen molar-refractivity contribution < 1.29 is 4.79 Å². The van der Waals surface area contributed by atoms with Gasteiger partial charge in [-0.2, -0.15) is 0 Å². The molecule has 3 N–H and O–H groups in total. The molecule has 19 heavy (non-hydrogen) atoms. The van der Waals surface area contributed by atoms with Crippen LogP contribution in [0.1, 0.15) is 33.1 Å². The highest BCUT2D eigenvalue weighted by Gasteiger charge is 2.17. The van der Waals surface area contributed by atoms with Crippen LogP contribution < -0.4 is 16.0 Å². The van der Waals surface area contributed by atoms with E-state index in [2.05, 4.69) is 12.2 Å². The minimum absolute atomic E-state index is 0.0652. The van der Waals surface area contributed by atoms with E-state index in [4.69, 9.17) is 5.73 Å². The van der Waals surface area contributed by atoms with Crippen LogP contribution in [0, 0.1) is 0 Å². The van der Waals surface area contributed by atoms with Gasteiger partial charge in [-0.3, -0.25) is 4.79 Å². The zero-order valence-corrected chi connectivity index (χ0v) is 12.1. The number of nitrogens with one attached hydrogen (secondary N) is 1. The maximum atomic E-state index is 12.0. The van der Waals surface area contributed by atoms with E-state index in [1.54, 1.807) is 0 Å². The minimum Gasteiger partial charge on any atom is -0.399 e. The molecule has 1 amide bonds. The number of anilines is 2. The van der Waals surface area contributed by atoms with E-state index < -0.39 is 0 Å². The lowest BCUT2D eigenvalue weighted by molar-refractivity contribution is -0.122. The number of nitrogen functional groups attached to an aromatic ring is 1. The summed E-state index contributed by atoms with van der Waals surface area (Å²) in [7, 11) is 1.92. The first-order valence-corrected chi connectivity index (χ1v) is 6.92. The third-order valence-corrected chi connectivity index (χ3v) is 3.34. The topological polar surface area (TPSA) is 58.4 Å². The Bertz CT molecular complexity index is 389. The molecule has 0 aliphatic rings. The largest absolute Gasteiger partial charge is 0.399 e. The van der Waals surface area contributed by atoms with Crippen molar-refractivity contribution in [1.29, 1.82) is 0 Å². The molecule has 0 radical (unpaired) electrons. The second-order valence-electron chi connectivity index (χ2n) is 4.88. The number of rotatable bonds is 7. The van der Waals surface area contributed by atoms with Crippen LogP contribution in [0.15, 0.2) is 24.3 Å². The highest BCUT2D eigenvalue weighted by Crippen LogP contribution is 2.17. The van der Waals surface area contributed by atoms with Crippen molar-refractivity contribution >= 4 is 17.3 Å². The molecule has 0 aliphatic heterocycles. The molecule has 1 rings (SSSR count). The predicted molar refractivity (Wildman–Crippen MR) is 81.3 cm³/mol. The molecule has 1 unspecified atom stereocenters. The first-order chi connectivity index (χ1) is 9.06. The molecular formula is C15H25N3O. The van der Waals surface area contributed by atoms with Crippen molar-refractivity contribution in [3.8, 4) is 0 Å². The molecule has 106 valence electrons. The fourth-order valence-corrected chi connectivity index (χ4v) is 1.84. The normalized spacial score (nSPS) is 11.9. The molecule has 1 aromatic rings. The van der Waals surface area contributed by atoms with E-state index in [1.807, 2.05) is 43.1 Å². The molecule has 0 aromatic heterocycles. The van der Waals surface area contributed by atoms with Crippen LogP contribution in [0.4, 0.5) is 11.4 Å². The van der Waals surface area contributed by atoms with E-state index in [-0.39, 0.29) is 11.9 Å². The van der Waals surface area contributed by atoms with E-state index in [0.717, 1.165) is 37.2 Å². The lowest BCUT2D eigenvalue weighted by Crippen LogP contribution is -2.43. The number of hydrogen-bond acceptors (Lipinski definition) is 3. The molecule has 0 aliphatic carbocycles. The zero-order valence-electron chi connectivity index (χ0n) is 12.1. The Morgan fingerprint density at radius 3 is 2.53 bits per heavy atom. The average Bonchev–Trinajstić information content (AvgIpc) is 2.42. The van der Waals surface area contributed by atoms with Gasteiger partial charge in [0.25, 0.3) is 0 Å². The maximum absolute atomic E-state index is 12.0. The summed E-state index contributed by atoms with van der Waals surface area (Å²) in [5.74, 6) is 0.0652. The number of nitrogens with zero attached hydrogens (tertiary/aromatic N) is 1. The molecule has 4 heteroatoms. The lowest BCUT2D eigenvalue weighted by atomic mass is 10.2. The molecular weight excluding hydrogens is 238 g/mol. The standard InChI is InChI=1S/C15H25N3O/c1-4-5-6-11-17-15(19)12(2)18(3)14-9-7-13(16)8-10-14/h7-10,12H,4-6,11,16H2,1-3H3,(H,17,19). The number of hydrogen-bond donors (Lipinski definition) is 2. The van der Waals surface area contributed by atoms with E-state index in [0.29, 0.717) is 0 Å². The number of carbonyl (C=O) groups is 1. The van der Waals surface area contributed by atoms with Crippen LogP contribution in [0.2, 0.25) is 0 Å². The fourth-order valence-electron chi connectivity index (χ4n) is 1.84. The average molecular weight is 263 g/mol. The number of amides is 1. The van der Waals surface area contributed by atoms with Gasteiger partial charge < -0.3 is 16.0 Å². The highest BCUT2D eigenvalue weighted by atomic mass is 16.2. The maximum Gasteiger partial charge on any atom is 0.242 e. The van der Waals surface area contributed by atoms with Crippen molar-refractivity contribution in [3.63, 3.8) is 0 Å². The second kappa shape index (κ2) is 7.67. The van der Waals surface area contributed by atoms with Gasteiger partial charge >= 0.3 is 0 Å². The molecule has 0 saturated heterocycles. The number of nitrogens with two attached hydrogens (primary N) is 1. The first-order valence-electron chi connectivity index (χ1n) is 6.92. The number of likely N-dealkylation sites (N-methyl/N-ethyl adjacent to an activating group) is 1. The first kappa shape index (κ1) is 15.3. The summed E-state index contributed by atoms with van der Waals surface area (Å²) in [6.45, 7) is 4.82. The van der Waals surface area contributed by atoms with Crippen molar-refractivity contribution in [1.82, 2.24) is 5.32 Å². The Hall–Kier alpha value is -1.71. The van der Waals surface area contributed by atoms with Crippen LogP contribution in [0.25, 0.3) is 0 Å². The number of carbonyl (C=O) groups excluding carboxylic acids is 1. The van der Waals surface area contributed by atoms with Gasteiger partial charge in [-0.15, -0.1) is 0 Å². The Labute approximate surface area is 116 Å². The Balaban J connectivity index is 2.49. The molecule has 4 nitrogen and oxygen atoms in total. The smallest absolute Gasteiger partial charge is 0.242 e. The third-order valence-electron chi connectivity index (χ3n) is 3.34. The van der Waals surface area contributed by atoms with Gasteiger partial charge in [0.2, 0.25) is 5.91 Å². The van der Waals surface area contributed by atoms with Gasteiger partial charge in [0, 0.05) is 25.0 Å². The van der Waals surface area contributed by atoms with E-state index in [1.165, 1.54) is 0 Å². The Morgan fingerprint density at radius 2 is 1.95 bits per heavy atom. The summed E-state index contributed by atoms with van der Waals surface area (Å²) in [4.78, 5) is 14.0. The summed E-state index contributed by atoms with van der Waals surface area (Å²) in [5, 5.41) is 2.97. The van der Waals surface area contributed by atoms with Gasteiger partial charge in [-0.05, 0) is 37.6 Å². The van der Waals surface area contributed by atoms with Crippen molar-refractivity contribution in [2.75, 3.05) is 24.2 Å². The summed E-state index contributed by atoms with van der Waals surface area (Å²) in [6, 6.07) is 7.35. The van der Waals surface area contributed by atoms with Crippen molar-refractivity contribution in [2.45, 2.75) is 39.2 Å². The van der Waals surface area contributed by atoms with Crippen molar-refractivity contribution in [2.24, 2.45) is 0 Å². The van der Waals surface area contributed by atoms with Crippen LogP contribution >= 0.6 is 0 Å². The second-order valence-corrected chi connectivity index (χ2v) is 4.88. The molecule has 0 bridgehead atoms. The summed E-state index contributed by atoms with van der Waals surface area (Å²) < 4.78 is 0. The van der Waals surface area contributed by atoms with Gasteiger partial charge in [-0.25, -0.2) is 0 Å². The quantitative estimate of drug-likeness (QED) is 0.586. The van der Waals surface area contributed by atoms with Crippen LogP contribution in [0.3, 0.4) is 0 Å². The highest BCUT2D eigenvalue weighted by molar-refractivity contribution is 5.84. The molecule has 0 spiro atoms. The van der Waals surface area contributed by atoms with Gasteiger partial charge in [0.1, 0.15) is 6.04 Å². The molecule has 0 fully saturated rings. The Kier molecular flexibility index (Phi) is 6.19. The van der Waals surface area contributed by atoms with Gasteiger partial charge in [0.05, 0.1) is 0 Å². The summed E-state index contributed by atoms with van der Waals surface area (Å²) in [5.41, 5.74) is 7.38. The monoisotopic (exact) mass is 263 g/mol. The van der Waals surface area contributed by atoms with Crippen LogP contribution in [-0.4, -0.2) is 25.5 Å². The number of unbranched alkanes of at least 4 members (excludes halogenated alkanes) is 2. The third kappa shape index (κ3) is 4.81. The number of benzene rings is 1. The lowest BCUT2D eigenvalue weighted by Gasteiger charge is -2.26. The van der Waals surface area contributed by atoms with Crippen LogP contribution in [-0.2, 0) is 4.79 Å². The zero-order chi connectivity index (χ0) is 14.3. The summed E-state index contributed by atoms with van der Waals surface area (Å²) in [6.07, 6.45) is 3.36. The summed E-state index contributed by atoms with van der Waals surface area (Å²) >= 11 is 0. The molecule has 1 aromatic carbocycles. The predicted octanol–water partition coefficient (Wildman–Crippen LogP) is 2.40. The van der Waals surface area contributed by atoms with Gasteiger partial charge in [-0.1, -0.05) is 19.8 Å². The molecule has 0 heterocycles. The Morgan fingerprint density at radius 1 is 1.32 bits per heavy atom. The SMILES string of the molecule is CCCCCNC(=O)C(C)N(C)c1ccc(N)cc1. The van der Waals surface area contributed by atoms with E-state index >= 15 is 0 Å². The molecule has 1 atom stereocenters. The fraction of sp³-hybridized carbons (Fsp3) is 0.533. The molecule has 0 saturated carbocycles. The van der Waals surface area contributed by atoms with E-state index in [9.17, 15) is 4.79 Å². The van der Waals surface area contributed by atoms with Crippen LogP contribution in [0.5, 0.6) is 0 Å². The minimum atomic E-state index is -0.190.